The van der Waals surface area contributed by atoms with Gasteiger partial charge in [-0.3, -0.25) is 9.59 Å². The van der Waals surface area contributed by atoms with Gasteiger partial charge in [-0.1, -0.05) is 11.6 Å². The minimum atomic E-state index is -0.231. The van der Waals surface area contributed by atoms with E-state index < -0.39 is 0 Å². The Hall–Kier alpha value is -1.79. The van der Waals surface area contributed by atoms with Crippen LogP contribution in [0.1, 0.15) is 0 Å². The summed E-state index contributed by atoms with van der Waals surface area (Å²) in [4.78, 5) is 24.7. The minimum absolute atomic E-state index is 0.0482. The Labute approximate surface area is 128 Å². The third kappa shape index (κ3) is 5.24. The molecule has 0 bridgehead atoms. The number of morpholine rings is 1. The van der Waals surface area contributed by atoms with Crippen molar-refractivity contribution < 1.29 is 19.1 Å². The molecule has 1 aliphatic rings. The Morgan fingerprint density at radius 1 is 1.38 bits per heavy atom. The van der Waals surface area contributed by atoms with Crippen molar-refractivity contribution in [3.05, 3.63) is 29.3 Å². The van der Waals surface area contributed by atoms with Gasteiger partial charge in [0, 0.05) is 24.7 Å². The average molecular weight is 313 g/mol. The Morgan fingerprint density at radius 3 is 2.86 bits per heavy atom. The quantitative estimate of drug-likeness (QED) is 0.839. The number of carbonyl (C=O) groups excluding carboxylic acids is 2. The number of hydrogen-bond donors (Lipinski definition) is 1. The number of nitrogens with one attached hydrogen (secondary N) is 1. The molecular weight excluding hydrogens is 296 g/mol. The van der Waals surface area contributed by atoms with E-state index in [-0.39, 0.29) is 25.0 Å². The molecule has 7 heteroatoms. The molecule has 1 aromatic rings. The van der Waals surface area contributed by atoms with Crippen LogP contribution in [0.2, 0.25) is 5.02 Å². The molecule has 0 atom stereocenters. The fraction of sp³-hybridized carbons (Fsp3) is 0.429. The van der Waals surface area contributed by atoms with Crippen LogP contribution in [0.5, 0.6) is 5.75 Å². The monoisotopic (exact) mass is 312 g/mol. The molecule has 6 nitrogen and oxygen atoms in total. The van der Waals surface area contributed by atoms with E-state index >= 15 is 0 Å². The lowest BCUT2D eigenvalue weighted by atomic mass is 10.3. The third-order valence-electron chi connectivity index (χ3n) is 2.97. The molecule has 0 aromatic heterocycles. The predicted molar refractivity (Wildman–Crippen MR) is 77.4 cm³/mol. The summed E-state index contributed by atoms with van der Waals surface area (Å²) in [5, 5.41) is 3.32. The van der Waals surface area contributed by atoms with Crippen molar-refractivity contribution >= 4 is 23.4 Å². The molecule has 0 spiro atoms. The van der Waals surface area contributed by atoms with Crippen molar-refractivity contribution in [2.24, 2.45) is 0 Å². The zero-order valence-corrected chi connectivity index (χ0v) is 12.3. The van der Waals surface area contributed by atoms with Crippen molar-refractivity contribution in [1.82, 2.24) is 10.2 Å². The molecule has 21 heavy (non-hydrogen) atoms. The lowest BCUT2D eigenvalue weighted by molar-refractivity contribution is -0.142. The van der Waals surface area contributed by atoms with Crippen molar-refractivity contribution in [2.75, 3.05) is 39.5 Å². The van der Waals surface area contributed by atoms with E-state index in [2.05, 4.69) is 5.32 Å². The van der Waals surface area contributed by atoms with Gasteiger partial charge in [-0.05, 0) is 24.3 Å². The van der Waals surface area contributed by atoms with Crippen LogP contribution in [0.3, 0.4) is 0 Å². The van der Waals surface area contributed by atoms with Crippen LogP contribution in [0, 0.1) is 0 Å². The lowest BCUT2D eigenvalue weighted by Gasteiger charge is -2.26. The van der Waals surface area contributed by atoms with Crippen LogP contribution in [-0.4, -0.2) is 56.2 Å². The third-order valence-corrected chi connectivity index (χ3v) is 3.22. The summed E-state index contributed by atoms with van der Waals surface area (Å²) < 4.78 is 10.3. The highest BCUT2D eigenvalue weighted by atomic mass is 35.5. The molecule has 2 rings (SSSR count). The first kappa shape index (κ1) is 15.6. The highest BCUT2D eigenvalue weighted by Crippen LogP contribution is 2.15. The standard InChI is InChI=1S/C14H17ClN2O4/c15-11-1-3-12(4-2-11)21-9-13(18)16-5-6-17-7-8-20-10-14(17)19/h1-4H,5-10H2,(H,16,18). The second-order valence-electron chi connectivity index (χ2n) is 4.53. The minimum Gasteiger partial charge on any atom is -0.484 e. The summed E-state index contributed by atoms with van der Waals surface area (Å²) in [6.07, 6.45) is 0. The number of benzene rings is 1. The largest absolute Gasteiger partial charge is 0.484 e. The number of ether oxygens (including phenoxy) is 2. The number of rotatable bonds is 6. The summed E-state index contributed by atoms with van der Waals surface area (Å²) in [5.74, 6) is 0.302. The highest BCUT2D eigenvalue weighted by Gasteiger charge is 2.17. The van der Waals surface area contributed by atoms with E-state index in [1.807, 2.05) is 0 Å². The van der Waals surface area contributed by atoms with E-state index in [1.54, 1.807) is 29.2 Å². The summed E-state index contributed by atoms with van der Waals surface area (Å²) in [6.45, 7) is 2.03. The van der Waals surface area contributed by atoms with Gasteiger partial charge in [-0.15, -0.1) is 0 Å². The van der Waals surface area contributed by atoms with Gasteiger partial charge in [0.05, 0.1) is 6.61 Å². The molecule has 0 radical (unpaired) electrons. The molecule has 0 aliphatic carbocycles. The van der Waals surface area contributed by atoms with Gasteiger partial charge in [0.15, 0.2) is 6.61 Å². The number of nitrogens with zero attached hydrogens (tertiary/aromatic N) is 1. The zero-order chi connectivity index (χ0) is 15.1. The zero-order valence-electron chi connectivity index (χ0n) is 11.5. The van der Waals surface area contributed by atoms with Crippen LogP contribution < -0.4 is 10.1 Å². The second-order valence-corrected chi connectivity index (χ2v) is 4.96. The van der Waals surface area contributed by atoms with Gasteiger partial charge in [0.2, 0.25) is 5.91 Å². The normalized spacial score (nSPS) is 14.9. The maximum atomic E-state index is 11.6. The van der Waals surface area contributed by atoms with Crippen LogP contribution in [-0.2, 0) is 14.3 Å². The van der Waals surface area contributed by atoms with Crippen LogP contribution in [0.4, 0.5) is 0 Å². The van der Waals surface area contributed by atoms with E-state index in [0.717, 1.165) is 0 Å². The van der Waals surface area contributed by atoms with Crippen LogP contribution in [0.15, 0.2) is 24.3 Å². The number of halogens is 1. The molecule has 1 fully saturated rings. The lowest BCUT2D eigenvalue weighted by Crippen LogP contribution is -2.45. The van der Waals surface area contributed by atoms with Gasteiger partial charge in [-0.2, -0.15) is 0 Å². The summed E-state index contributed by atoms with van der Waals surface area (Å²) in [7, 11) is 0. The fourth-order valence-corrected chi connectivity index (χ4v) is 1.97. The Kier molecular flexibility index (Phi) is 5.83. The number of hydrogen-bond acceptors (Lipinski definition) is 4. The van der Waals surface area contributed by atoms with E-state index in [0.29, 0.717) is 37.0 Å². The van der Waals surface area contributed by atoms with Gasteiger partial charge in [0.25, 0.3) is 5.91 Å². The molecule has 114 valence electrons. The van der Waals surface area contributed by atoms with Gasteiger partial charge < -0.3 is 19.7 Å². The first-order valence-electron chi connectivity index (χ1n) is 6.66. The Morgan fingerprint density at radius 2 is 2.14 bits per heavy atom. The van der Waals surface area contributed by atoms with E-state index in [9.17, 15) is 9.59 Å². The predicted octanol–water partition coefficient (Wildman–Crippen LogP) is 0.694. The first-order valence-corrected chi connectivity index (χ1v) is 7.03. The molecule has 0 unspecified atom stereocenters. The first-order chi connectivity index (χ1) is 10.1. The number of amides is 2. The van der Waals surface area contributed by atoms with E-state index in [4.69, 9.17) is 21.1 Å². The molecule has 1 aliphatic heterocycles. The van der Waals surface area contributed by atoms with Crippen molar-refractivity contribution in [3.8, 4) is 5.75 Å². The smallest absolute Gasteiger partial charge is 0.258 e. The summed E-state index contributed by atoms with van der Waals surface area (Å²) in [5.41, 5.74) is 0. The van der Waals surface area contributed by atoms with Gasteiger partial charge >= 0.3 is 0 Å². The second kappa shape index (κ2) is 7.85. The fourth-order valence-electron chi connectivity index (χ4n) is 1.85. The molecule has 1 saturated heterocycles. The van der Waals surface area contributed by atoms with Crippen molar-refractivity contribution in [2.45, 2.75) is 0 Å². The molecule has 2 amide bonds. The maximum Gasteiger partial charge on any atom is 0.258 e. The average Bonchev–Trinajstić information content (AvgIpc) is 2.49. The molecular formula is C14H17ClN2O4. The summed E-state index contributed by atoms with van der Waals surface area (Å²) >= 11 is 5.75. The van der Waals surface area contributed by atoms with Crippen molar-refractivity contribution in [1.29, 1.82) is 0 Å². The van der Waals surface area contributed by atoms with Gasteiger partial charge in [0.1, 0.15) is 12.4 Å². The Bertz CT molecular complexity index is 492. The molecule has 1 aromatic carbocycles. The van der Waals surface area contributed by atoms with Crippen LogP contribution >= 0.6 is 11.6 Å². The molecule has 0 saturated carbocycles. The van der Waals surface area contributed by atoms with E-state index in [1.165, 1.54) is 0 Å². The van der Waals surface area contributed by atoms with Gasteiger partial charge in [-0.25, -0.2) is 0 Å². The van der Waals surface area contributed by atoms with Crippen molar-refractivity contribution in [3.63, 3.8) is 0 Å². The molecule has 1 heterocycles. The van der Waals surface area contributed by atoms with Crippen LogP contribution in [0.25, 0.3) is 0 Å². The Balaban J connectivity index is 1.63. The SMILES string of the molecule is O=C(COc1ccc(Cl)cc1)NCCN1CCOCC1=O. The number of carbonyl (C=O) groups is 2. The highest BCUT2D eigenvalue weighted by molar-refractivity contribution is 6.30. The summed E-state index contributed by atoms with van der Waals surface area (Å²) in [6, 6.07) is 6.78. The topological polar surface area (TPSA) is 67.9 Å². The molecule has 1 N–H and O–H groups in total. The maximum absolute atomic E-state index is 11.6.